The zero-order valence-electron chi connectivity index (χ0n) is 8.05. The number of hydrazine groups is 1. The summed E-state index contributed by atoms with van der Waals surface area (Å²) in [6.07, 6.45) is 0.937. The van der Waals surface area contributed by atoms with Crippen LogP contribution in [0.3, 0.4) is 0 Å². The summed E-state index contributed by atoms with van der Waals surface area (Å²) in [7, 11) is 0. The number of rotatable bonds is 5. The Morgan fingerprint density at radius 3 is 2.40 bits per heavy atom. The average molecular weight is 262 g/mol. The molecule has 0 fully saturated rings. The Bertz CT molecular complexity index is 202. The average Bonchev–Trinajstić information content (AvgIpc) is 2.11. The van der Waals surface area contributed by atoms with Crippen LogP contribution in [0.5, 0.6) is 0 Å². The third-order valence-corrected chi connectivity index (χ3v) is 1.42. The van der Waals surface area contributed by atoms with Crippen molar-refractivity contribution in [2.24, 2.45) is 22.3 Å². The predicted molar refractivity (Wildman–Crippen MR) is 63.2 cm³/mol. The van der Waals surface area contributed by atoms with Crippen molar-refractivity contribution >= 4 is 36.7 Å². The van der Waals surface area contributed by atoms with Gasteiger partial charge in [-0.05, 0) is 12.8 Å². The van der Waals surface area contributed by atoms with Gasteiger partial charge in [-0.2, -0.15) is 0 Å². The number of carbonyl (C=O) groups is 1. The molecular formula is C6H17Cl2N5O2. The van der Waals surface area contributed by atoms with Crippen LogP contribution in [0.4, 0.5) is 0 Å². The normalized spacial score (nSPS) is 12.0. The monoisotopic (exact) mass is 261 g/mol. The first-order valence-electron chi connectivity index (χ1n) is 3.83. The summed E-state index contributed by atoms with van der Waals surface area (Å²) in [4.78, 5) is 14.0. The van der Waals surface area contributed by atoms with Crippen LogP contribution in [-0.2, 0) is 4.79 Å². The molecule has 7 nitrogen and oxygen atoms in total. The lowest BCUT2D eigenvalue weighted by Gasteiger charge is -2.04. The smallest absolute Gasteiger partial charge is 0.320 e. The zero-order valence-corrected chi connectivity index (χ0v) is 9.68. The number of nitrogens with zero attached hydrogens (tertiary/aromatic N) is 1. The summed E-state index contributed by atoms with van der Waals surface area (Å²) in [5.41, 5.74) is 12.6. The molecule has 0 amide bonds. The first kappa shape index (κ1) is 19.8. The Labute approximate surface area is 100 Å². The number of guanidine groups is 1. The van der Waals surface area contributed by atoms with Crippen LogP contribution in [0.25, 0.3) is 0 Å². The summed E-state index contributed by atoms with van der Waals surface area (Å²) in [6.45, 7) is 0.414. The number of aliphatic carboxylic acids is 1. The second-order valence-corrected chi connectivity index (χ2v) is 2.50. The van der Waals surface area contributed by atoms with E-state index in [1.54, 1.807) is 0 Å². The van der Waals surface area contributed by atoms with Crippen LogP contribution >= 0.6 is 24.8 Å². The number of halogens is 2. The number of hydrogen-bond acceptors (Lipinski definition) is 4. The first-order chi connectivity index (χ1) is 6.07. The largest absolute Gasteiger partial charge is 0.480 e. The van der Waals surface area contributed by atoms with Crippen LogP contribution in [0.15, 0.2) is 4.99 Å². The standard InChI is InChI=1S/C6H15N5O2.2ClH/c7-4(5(12)13)2-1-3-10-6(8)11-9;;/h4H,1-3,7,9H2,(H,12,13)(H3,8,10,11);2*1H. The lowest BCUT2D eigenvalue weighted by Crippen LogP contribution is -2.37. The number of nitrogens with two attached hydrogens (primary N) is 3. The Kier molecular flexibility index (Phi) is 14.9. The molecule has 0 heterocycles. The molecule has 8 N–H and O–H groups in total. The summed E-state index contributed by atoms with van der Waals surface area (Å²) in [5.74, 6) is 4.06. The molecule has 1 atom stereocenters. The molecule has 0 rings (SSSR count). The maximum atomic E-state index is 10.3. The van der Waals surface area contributed by atoms with E-state index in [9.17, 15) is 4.79 Å². The molecule has 9 heteroatoms. The maximum Gasteiger partial charge on any atom is 0.320 e. The molecule has 0 aliphatic carbocycles. The maximum absolute atomic E-state index is 10.3. The molecule has 0 spiro atoms. The summed E-state index contributed by atoms with van der Waals surface area (Å²) in [6, 6.07) is -0.831. The molecule has 1 unspecified atom stereocenters. The van der Waals surface area contributed by atoms with Crippen molar-refractivity contribution in [3.05, 3.63) is 0 Å². The highest BCUT2D eigenvalue weighted by Gasteiger charge is 2.09. The number of nitrogens with one attached hydrogen (secondary N) is 1. The highest BCUT2D eigenvalue weighted by atomic mass is 35.5. The van der Waals surface area contributed by atoms with Gasteiger partial charge in [0.2, 0.25) is 5.96 Å². The van der Waals surface area contributed by atoms with Crippen molar-refractivity contribution in [3.63, 3.8) is 0 Å². The fraction of sp³-hybridized carbons (Fsp3) is 0.667. The Balaban J connectivity index is -0.000000720. The molecule has 0 radical (unpaired) electrons. The number of carboxylic acids is 1. The van der Waals surface area contributed by atoms with E-state index in [0.29, 0.717) is 19.4 Å². The van der Waals surface area contributed by atoms with E-state index in [1.807, 2.05) is 0 Å². The van der Waals surface area contributed by atoms with Crippen molar-refractivity contribution in [1.29, 1.82) is 0 Å². The topological polar surface area (TPSA) is 140 Å². The summed E-state index contributed by atoms with van der Waals surface area (Å²) in [5, 5.41) is 8.42. The highest BCUT2D eigenvalue weighted by molar-refractivity contribution is 5.85. The van der Waals surface area contributed by atoms with Gasteiger partial charge in [0.05, 0.1) is 0 Å². The zero-order chi connectivity index (χ0) is 10.3. The van der Waals surface area contributed by atoms with Gasteiger partial charge in [-0.3, -0.25) is 15.2 Å². The molecule has 0 aromatic heterocycles. The molecular weight excluding hydrogens is 245 g/mol. The second kappa shape index (κ2) is 11.3. The lowest BCUT2D eigenvalue weighted by molar-refractivity contribution is -0.138. The lowest BCUT2D eigenvalue weighted by atomic mass is 10.2. The van der Waals surface area contributed by atoms with Crippen molar-refractivity contribution in [2.45, 2.75) is 18.9 Å². The Hall–Kier alpha value is -0.760. The van der Waals surface area contributed by atoms with E-state index in [4.69, 9.17) is 22.4 Å². The minimum absolute atomic E-state index is 0. The molecule has 0 saturated heterocycles. The van der Waals surface area contributed by atoms with E-state index >= 15 is 0 Å². The Morgan fingerprint density at radius 1 is 1.47 bits per heavy atom. The van der Waals surface area contributed by atoms with Gasteiger partial charge < -0.3 is 16.6 Å². The van der Waals surface area contributed by atoms with Gasteiger partial charge in [-0.1, -0.05) is 0 Å². The predicted octanol–water partition coefficient (Wildman–Crippen LogP) is -1.20. The summed E-state index contributed by atoms with van der Waals surface area (Å²) >= 11 is 0. The molecule has 0 aromatic rings. The molecule has 92 valence electrons. The van der Waals surface area contributed by atoms with E-state index in [2.05, 4.69) is 10.4 Å². The Morgan fingerprint density at radius 2 is 2.00 bits per heavy atom. The molecule has 0 aliphatic heterocycles. The van der Waals surface area contributed by atoms with Crippen LogP contribution in [-0.4, -0.2) is 29.6 Å². The molecule has 0 aromatic carbocycles. The number of hydrogen-bond donors (Lipinski definition) is 5. The van der Waals surface area contributed by atoms with E-state index in [-0.39, 0.29) is 30.8 Å². The van der Waals surface area contributed by atoms with Gasteiger partial charge in [-0.15, -0.1) is 24.8 Å². The minimum atomic E-state index is -1.01. The molecule has 15 heavy (non-hydrogen) atoms. The van der Waals surface area contributed by atoms with Crippen LogP contribution in [0.2, 0.25) is 0 Å². The number of aliphatic imine (C=N–C) groups is 1. The minimum Gasteiger partial charge on any atom is -0.480 e. The third-order valence-electron chi connectivity index (χ3n) is 1.42. The first-order valence-corrected chi connectivity index (χ1v) is 3.83. The second-order valence-electron chi connectivity index (χ2n) is 2.50. The van der Waals surface area contributed by atoms with Gasteiger partial charge in [0.1, 0.15) is 6.04 Å². The van der Waals surface area contributed by atoms with E-state index in [1.165, 1.54) is 0 Å². The molecule has 0 bridgehead atoms. The van der Waals surface area contributed by atoms with Gasteiger partial charge in [0.15, 0.2) is 0 Å². The SMILES string of the molecule is Cl.Cl.NNC(N)=NCCCC(N)C(=O)O. The summed E-state index contributed by atoms with van der Waals surface area (Å²) < 4.78 is 0. The quantitative estimate of drug-likeness (QED) is 0.139. The fourth-order valence-electron chi connectivity index (χ4n) is 0.680. The molecule has 0 aliphatic rings. The van der Waals surface area contributed by atoms with Gasteiger partial charge >= 0.3 is 5.97 Å². The van der Waals surface area contributed by atoms with Crippen molar-refractivity contribution < 1.29 is 9.90 Å². The van der Waals surface area contributed by atoms with Gasteiger partial charge in [-0.25, -0.2) is 5.84 Å². The van der Waals surface area contributed by atoms with Crippen molar-refractivity contribution in [1.82, 2.24) is 5.43 Å². The van der Waals surface area contributed by atoms with Crippen LogP contribution in [0.1, 0.15) is 12.8 Å². The van der Waals surface area contributed by atoms with Crippen molar-refractivity contribution in [3.8, 4) is 0 Å². The van der Waals surface area contributed by atoms with Gasteiger partial charge in [0.25, 0.3) is 0 Å². The fourth-order valence-corrected chi connectivity index (χ4v) is 0.680. The van der Waals surface area contributed by atoms with E-state index in [0.717, 1.165) is 0 Å². The number of carboxylic acid groups (broad SMARTS) is 1. The molecule has 0 saturated carbocycles. The van der Waals surface area contributed by atoms with E-state index < -0.39 is 12.0 Å². The third kappa shape index (κ3) is 11.2. The van der Waals surface area contributed by atoms with Crippen LogP contribution in [0, 0.1) is 0 Å². The highest BCUT2D eigenvalue weighted by Crippen LogP contribution is 1.94. The van der Waals surface area contributed by atoms with Crippen molar-refractivity contribution in [2.75, 3.05) is 6.54 Å². The van der Waals surface area contributed by atoms with Gasteiger partial charge in [0, 0.05) is 6.54 Å². The van der Waals surface area contributed by atoms with Crippen LogP contribution < -0.4 is 22.7 Å².